The molecule has 3 aliphatic rings. The molecular formula is C14H25N3O. The first kappa shape index (κ1) is 12.4. The highest BCUT2D eigenvalue weighted by Gasteiger charge is 2.36. The topological polar surface area (TPSA) is 35.6 Å². The van der Waals surface area contributed by atoms with Gasteiger partial charge in [0.05, 0.1) is 6.54 Å². The Balaban J connectivity index is 1.48. The minimum Gasteiger partial charge on any atom is -0.342 e. The number of fused-ring (bicyclic) bond motifs is 1. The SMILES string of the molecule is O=C(CN1CC2CNCC2C1)N1CCCCCC1. The second-order valence-electron chi connectivity index (χ2n) is 6.17. The van der Waals surface area contributed by atoms with E-state index >= 15 is 0 Å². The Labute approximate surface area is 110 Å². The summed E-state index contributed by atoms with van der Waals surface area (Å²) in [5.41, 5.74) is 0. The summed E-state index contributed by atoms with van der Waals surface area (Å²) in [6, 6.07) is 0. The first-order valence-corrected chi connectivity index (χ1v) is 7.54. The van der Waals surface area contributed by atoms with E-state index in [1.165, 1.54) is 25.7 Å². The van der Waals surface area contributed by atoms with E-state index in [9.17, 15) is 4.79 Å². The molecule has 3 rings (SSSR count). The third-order valence-corrected chi connectivity index (χ3v) is 4.78. The van der Waals surface area contributed by atoms with Gasteiger partial charge in [-0.1, -0.05) is 12.8 Å². The molecule has 0 aromatic rings. The lowest BCUT2D eigenvalue weighted by Gasteiger charge is -2.24. The van der Waals surface area contributed by atoms with Gasteiger partial charge in [-0.2, -0.15) is 0 Å². The maximum absolute atomic E-state index is 12.3. The maximum atomic E-state index is 12.3. The lowest BCUT2D eigenvalue weighted by molar-refractivity contribution is -0.132. The molecule has 3 saturated heterocycles. The normalized spacial score (nSPS) is 33.4. The lowest BCUT2D eigenvalue weighted by atomic mass is 10.0. The molecule has 4 nitrogen and oxygen atoms in total. The molecule has 3 aliphatic heterocycles. The van der Waals surface area contributed by atoms with Crippen molar-refractivity contribution in [2.24, 2.45) is 11.8 Å². The first-order valence-electron chi connectivity index (χ1n) is 7.54. The molecule has 102 valence electrons. The van der Waals surface area contributed by atoms with Crippen LogP contribution >= 0.6 is 0 Å². The van der Waals surface area contributed by atoms with E-state index in [1.54, 1.807) is 0 Å². The molecule has 3 heterocycles. The van der Waals surface area contributed by atoms with E-state index in [0.717, 1.165) is 51.1 Å². The molecule has 0 bridgehead atoms. The van der Waals surface area contributed by atoms with Gasteiger partial charge in [0.25, 0.3) is 0 Å². The zero-order valence-electron chi connectivity index (χ0n) is 11.2. The summed E-state index contributed by atoms with van der Waals surface area (Å²) in [5.74, 6) is 1.95. The number of rotatable bonds is 2. The fourth-order valence-corrected chi connectivity index (χ4v) is 3.69. The Morgan fingerprint density at radius 3 is 2.22 bits per heavy atom. The number of carbonyl (C=O) groups excluding carboxylic acids is 1. The third kappa shape index (κ3) is 2.69. The van der Waals surface area contributed by atoms with Crippen LogP contribution in [0.5, 0.6) is 0 Å². The van der Waals surface area contributed by atoms with Crippen molar-refractivity contribution >= 4 is 5.91 Å². The summed E-state index contributed by atoms with van der Waals surface area (Å²) < 4.78 is 0. The molecule has 3 fully saturated rings. The molecule has 1 N–H and O–H groups in total. The van der Waals surface area contributed by atoms with Gasteiger partial charge in [-0.05, 0) is 37.8 Å². The van der Waals surface area contributed by atoms with Crippen LogP contribution in [0.4, 0.5) is 0 Å². The van der Waals surface area contributed by atoms with Crippen LogP contribution in [-0.4, -0.2) is 61.5 Å². The van der Waals surface area contributed by atoms with Crippen molar-refractivity contribution in [2.75, 3.05) is 45.8 Å². The number of hydrogen-bond donors (Lipinski definition) is 1. The molecule has 0 aromatic carbocycles. The van der Waals surface area contributed by atoms with Gasteiger partial charge >= 0.3 is 0 Å². The molecule has 0 spiro atoms. The highest BCUT2D eigenvalue weighted by molar-refractivity contribution is 5.78. The van der Waals surface area contributed by atoms with Crippen LogP contribution in [-0.2, 0) is 4.79 Å². The minimum atomic E-state index is 0.366. The van der Waals surface area contributed by atoms with Crippen LogP contribution in [0.2, 0.25) is 0 Å². The summed E-state index contributed by atoms with van der Waals surface area (Å²) >= 11 is 0. The highest BCUT2D eigenvalue weighted by atomic mass is 16.2. The standard InChI is InChI=1S/C14H25N3O/c18-14(17-5-3-1-2-4-6-17)11-16-9-12-7-15-8-13(12)10-16/h12-13,15H,1-11H2. The number of amides is 1. The summed E-state index contributed by atoms with van der Waals surface area (Å²) in [6.07, 6.45) is 4.98. The van der Waals surface area contributed by atoms with E-state index in [-0.39, 0.29) is 0 Å². The van der Waals surface area contributed by atoms with Crippen LogP contribution in [0.3, 0.4) is 0 Å². The van der Waals surface area contributed by atoms with Gasteiger partial charge in [-0.25, -0.2) is 0 Å². The van der Waals surface area contributed by atoms with E-state index in [1.807, 2.05) is 0 Å². The van der Waals surface area contributed by atoms with Crippen molar-refractivity contribution in [3.8, 4) is 0 Å². The average Bonchev–Trinajstić information content (AvgIpc) is 2.80. The predicted octanol–water partition coefficient (Wildman–Crippen LogP) is 0.540. The van der Waals surface area contributed by atoms with Crippen molar-refractivity contribution < 1.29 is 4.79 Å². The van der Waals surface area contributed by atoms with Crippen LogP contribution in [0, 0.1) is 11.8 Å². The van der Waals surface area contributed by atoms with Crippen LogP contribution in [0.1, 0.15) is 25.7 Å². The second-order valence-corrected chi connectivity index (χ2v) is 6.17. The van der Waals surface area contributed by atoms with Gasteiger partial charge in [-0.3, -0.25) is 9.69 Å². The fraction of sp³-hybridized carbons (Fsp3) is 0.929. The zero-order chi connectivity index (χ0) is 12.4. The molecular weight excluding hydrogens is 226 g/mol. The fourth-order valence-electron chi connectivity index (χ4n) is 3.69. The Kier molecular flexibility index (Phi) is 3.85. The molecule has 2 atom stereocenters. The van der Waals surface area contributed by atoms with Gasteiger partial charge in [0.1, 0.15) is 0 Å². The van der Waals surface area contributed by atoms with Gasteiger partial charge in [0, 0.05) is 26.2 Å². The minimum absolute atomic E-state index is 0.366. The summed E-state index contributed by atoms with van der Waals surface area (Å²) in [7, 11) is 0. The van der Waals surface area contributed by atoms with Crippen LogP contribution in [0.15, 0.2) is 0 Å². The summed E-state index contributed by atoms with van der Waals surface area (Å²) in [6.45, 7) is 7.18. The van der Waals surface area contributed by atoms with Crippen molar-refractivity contribution in [3.63, 3.8) is 0 Å². The second kappa shape index (κ2) is 5.57. The number of nitrogens with one attached hydrogen (secondary N) is 1. The average molecular weight is 251 g/mol. The molecule has 0 saturated carbocycles. The van der Waals surface area contributed by atoms with E-state index in [2.05, 4.69) is 15.1 Å². The van der Waals surface area contributed by atoms with E-state index in [4.69, 9.17) is 0 Å². The predicted molar refractivity (Wildman–Crippen MR) is 71.3 cm³/mol. The smallest absolute Gasteiger partial charge is 0.236 e. The number of likely N-dealkylation sites (tertiary alicyclic amines) is 2. The van der Waals surface area contributed by atoms with Gasteiger partial charge in [-0.15, -0.1) is 0 Å². The number of hydrogen-bond acceptors (Lipinski definition) is 3. The van der Waals surface area contributed by atoms with Crippen LogP contribution in [0.25, 0.3) is 0 Å². The lowest BCUT2D eigenvalue weighted by Crippen LogP contribution is -2.40. The molecule has 2 unspecified atom stereocenters. The molecule has 1 amide bonds. The summed E-state index contributed by atoms with van der Waals surface area (Å²) in [5, 5.41) is 3.45. The van der Waals surface area contributed by atoms with Gasteiger partial charge in [0.2, 0.25) is 5.91 Å². The van der Waals surface area contributed by atoms with Crippen molar-refractivity contribution in [2.45, 2.75) is 25.7 Å². The van der Waals surface area contributed by atoms with Crippen LogP contribution < -0.4 is 5.32 Å². The zero-order valence-corrected chi connectivity index (χ0v) is 11.2. The third-order valence-electron chi connectivity index (χ3n) is 4.78. The van der Waals surface area contributed by atoms with Gasteiger partial charge < -0.3 is 10.2 Å². The summed E-state index contributed by atoms with van der Waals surface area (Å²) in [4.78, 5) is 16.8. The Hall–Kier alpha value is -0.610. The van der Waals surface area contributed by atoms with E-state index in [0.29, 0.717) is 12.5 Å². The molecule has 4 heteroatoms. The number of carbonyl (C=O) groups is 1. The number of nitrogens with zero attached hydrogens (tertiary/aromatic N) is 2. The molecule has 0 aromatic heterocycles. The Morgan fingerprint density at radius 1 is 1.00 bits per heavy atom. The Morgan fingerprint density at radius 2 is 1.61 bits per heavy atom. The van der Waals surface area contributed by atoms with Crippen molar-refractivity contribution in [1.82, 2.24) is 15.1 Å². The molecule has 18 heavy (non-hydrogen) atoms. The monoisotopic (exact) mass is 251 g/mol. The van der Waals surface area contributed by atoms with Crippen molar-refractivity contribution in [3.05, 3.63) is 0 Å². The largest absolute Gasteiger partial charge is 0.342 e. The first-order chi connectivity index (χ1) is 8.83. The Bertz CT molecular complexity index is 287. The highest BCUT2D eigenvalue weighted by Crippen LogP contribution is 2.26. The van der Waals surface area contributed by atoms with E-state index < -0.39 is 0 Å². The van der Waals surface area contributed by atoms with Crippen molar-refractivity contribution in [1.29, 1.82) is 0 Å². The van der Waals surface area contributed by atoms with Gasteiger partial charge in [0.15, 0.2) is 0 Å². The molecule has 0 aliphatic carbocycles. The quantitative estimate of drug-likeness (QED) is 0.778. The maximum Gasteiger partial charge on any atom is 0.236 e. The molecule has 0 radical (unpaired) electrons.